The fraction of sp³-hybridized carbons (Fsp3) is 0.625. The number of carboxylic acids is 1. The van der Waals surface area contributed by atoms with Gasteiger partial charge in [0.25, 0.3) is 0 Å². The van der Waals surface area contributed by atoms with Crippen molar-refractivity contribution in [2.45, 2.75) is 19.8 Å². The second-order valence-electron chi connectivity index (χ2n) is 2.82. The molecule has 0 N–H and O–H groups in total. The standard InChI is InChI=1S/C8H12O4/c1-6(4-9)2-7(5-10)3-8(11)12/h4-7H,2-3H2,1H3,(H,11,12)/p-1. The number of aliphatic carboxylic acids is 1. The van der Waals surface area contributed by atoms with Crippen molar-refractivity contribution in [2.75, 3.05) is 0 Å². The van der Waals surface area contributed by atoms with E-state index < -0.39 is 11.9 Å². The Kier molecular flexibility index (Phi) is 4.92. The molecule has 0 bridgehead atoms. The van der Waals surface area contributed by atoms with Gasteiger partial charge in [-0.2, -0.15) is 0 Å². The lowest BCUT2D eigenvalue weighted by molar-refractivity contribution is -0.306. The molecule has 0 fully saturated rings. The topological polar surface area (TPSA) is 74.3 Å². The lowest BCUT2D eigenvalue weighted by Gasteiger charge is -2.11. The Morgan fingerprint density at radius 2 is 2.00 bits per heavy atom. The van der Waals surface area contributed by atoms with Gasteiger partial charge in [0.05, 0.1) is 0 Å². The van der Waals surface area contributed by atoms with Crippen LogP contribution in [0.1, 0.15) is 19.8 Å². The zero-order valence-electron chi connectivity index (χ0n) is 6.86. The van der Waals surface area contributed by atoms with Crippen molar-refractivity contribution in [3.05, 3.63) is 0 Å². The van der Waals surface area contributed by atoms with E-state index in [4.69, 9.17) is 0 Å². The number of carbonyl (C=O) groups is 3. The number of carbonyl (C=O) groups excluding carboxylic acids is 3. The molecule has 0 aliphatic rings. The summed E-state index contributed by atoms with van der Waals surface area (Å²) in [7, 11) is 0. The van der Waals surface area contributed by atoms with Crippen LogP contribution in [-0.2, 0) is 14.4 Å². The molecule has 4 heteroatoms. The first-order valence-corrected chi connectivity index (χ1v) is 3.70. The first kappa shape index (κ1) is 10.8. The van der Waals surface area contributed by atoms with Crippen LogP contribution >= 0.6 is 0 Å². The Balaban J connectivity index is 3.90. The predicted octanol–water partition coefficient (Wildman–Crippen LogP) is -0.833. The number of hydrogen-bond acceptors (Lipinski definition) is 4. The minimum Gasteiger partial charge on any atom is -0.550 e. The van der Waals surface area contributed by atoms with Gasteiger partial charge in [0, 0.05) is 17.8 Å². The Morgan fingerprint density at radius 1 is 1.42 bits per heavy atom. The Morgan fingerprint density at radius 3 is 2.33 bits per heavy atom. The molecule has 0 rings (SSSR count). The quantitative estimate of drug-likeness (QED) is 0.489. The second-order valence-corrected chi connectivity index (χ2v) is 2.82. The molecule has 0 aromatic heterocycles. The zero-order valence-corrected chi connectivity index (χ0v) is 6.86. The summed E-state index contributed by atoms with van der Waals surface area (Å²) in [6, 6.07) is 0. The molecule has 0 aliphatic heterocycles. The largest absolute Gasteiger partial charge is 0.550 e. The molecule has 0 aromatic carbocycles. The molecule has 68 valence electrons. The van der Waals surface area contributed by atoms with E-state index in [1.165, 1.54) is 0 Å². The van der Waals surface area contributed by atoms with E-state index in [0.29, 0.717) is 12.6 Å². The van der Waals surface area contributed by atoms with Gasteiger partial charge in [0.15, 0.2) is 0 Å². The van der Waals surface area contributed by atoms with Gasteiger partial charge in [-0.1, -0.05) is 6.92 Å². The van der Waals surface area contributed by atoms with Gasteiger partial charge in [-0.3, -0.25) is 0 Å². The lowest BCUT2D eigenvalue weighted by atomic mass is 9.95. The highest BCUT2D eigenvalue weighted by Gasteiger charge is 2.11. The molecule has 0 aromatic rings. The Hall–Kier alpha value is -1.19. The van der Waals surface area contributed by atoms with Gasteiger partial charge >= 0.3 is 0 Å². The minimum atomic E-state index is -1.26. The van der Waals surface area contributed by atoms with Crippen LogP contribution in [0.3, 0.4) is 0 Å². The molecular weight excluding hydrogens is 160 g/mol. The third-order valence-electron chi connectivity index (χ3n) is 1.53. The fourth-order valence-corrected chi connectivity index (χ4v) is 0.934. The molecule has 0 saturated heterocycles. The van der Waals surface area contributed by atoms with Crippen LogP contribution < -0.4 is 5.11 Å². The second kappa shape index (κ2) is 5.46. The summed E-state index contributed by atoms with van der Waals surface area (Å²) in [6.07, 6.45) is 1.23. The third kappa shape index (κ3) is 4.60. The summed E-state index contributed by atoms with van der Waals surface area (Å²) in [5.74, 6) is -2.14. The summed E-state index contributed by atoms with van der Waals surface area (Å²) in [6.45, 7) is 1.64. The first-order chi connectivity index (χ1) is 5.60. The normalized spacial score (nSPS) is 14.8. The first-order valence-electron chi connectivity index (χ1n) is 3.70. The molecule has 0 saturated carbocycles. The van der Waals surface area contributed by atoms with E-state index in [1.54, 1.807) is 6.92 Å². The molecule has 0 amide bonds. The van der Waals surface area contributed by atoms with Gasteiger partial charge in [-0.25, -0.2) is 0 Å². The molecule has 0 heterocycles. The highest BCUT2D eigenvalue weighted by atomic mass is 16.4. The van der Waals surface area contributed by atoms with Gasteiger partial charge < -0.3 is 19.5 Å². The van der Waals surface area contributed by atoms with E-state index in [-0.39, 0.29) is 18.8 Å². The van der Waals surface area contributed by atoms with Crippen molar-refractivity contribution < 1.29 is 19.5 Å². The summed E-state index contributed by atoms with van der Waals surface area (Å²) < 4.78 is 0. The average Bonchev–Trinajstić information content (AvgIpc) is 2.02. The molecule has 12 heavy (non-hydrogen) atoms. The smallest absolute Gasteiger partial charge is 0.123 e. The zero-order chi connectivity index (χ0) is 9.56. The van der Waals surface area contributed by atoms with Crippen LogP contribution in [0.25, 0.3) is 0 Å². The third-order valence-corrected chi connectivity index (χ3v) is 1.53. The maximum absolute atomic E-state index is 10.3. The van der Waals surface area contributed by atoms with Crippen molar-refractivity contribution >= 4 is 18.5 Å². The van der Waals surface area contributed by atoms with Gasteiger partial charge in [0.1, 0.15) is 12.6 Å². The van der Waals surface area contributed by atoms with Crippen LogP contribution in [0, 0.1) is 11.8 Å². The molecule has 2 atom stereocenters. The number of carboxylic acid groups (broad SMARTS) is 1. The summed E-state index contributed by atoms with van der Waals surface area (Å²) >= 11 is 0. The summed E-state index contributed by atoms with van der Waals surface area (Å²) in [5.41, 5.74) is 0. The van der Waals surface area contributed by atoms with Gasteiger partial charge in [-0.05, 0) is 12.8 Å². The molecular formula is C8H11O4-. The van der Waals surface area contributed by atoms with Crippen LogP contribution in [0.5, 0.6) is 0 Å². The van der Waals surface area contributed by atoms with E-state index in [0.717, 1.165) is 0 Å². The SMILES string of the molecule is CC(C=O)CC(C=O)CC(=O)[O-]. The number of aldehydes is 2. The summed E-state index contributed by atoms with van der Waals surface area (Å²) in [5, 5.41) is 10.1. The van der Waals surface area contributed by atoms with Gasteiger partial charge in [-0.15, -0.1) is 0 Å². The monoisotopic (exact) mass is 171 g/mol. The van der Waals surface area contributed by atoms with Crippen LogP contribution in [0.2, 0.25) is 0 Å². The fourth-order valence-electron chi connectivity index (χ4n) is 0.934. The van der Waals surface area contributed by atoms with Crippen molar-refractivity contribution in [1.82, 2.24) is 0 Å². The van der Waals surface area contributed by atoms with Crippen molar-refractivity contribution in [2.24, 2.45) is 11.8 Å². The van der Waals surface area contributed by atoms with Crippen molar-refractivity contribution in [1.29, 1.82) is 0 Å². The van der Waals surface area contributed by atoms with E-state index in [2.05, 4.69) is 0 Å². The summed E-state index contributed by atoms with van der Waals surface area (Å²) in [4.78, 5) is 30.5. The molecule has 0 aliphatic carbocycles. The average molecular weight is 171 g/mol. The van der Waals surface area contributed by atoms with Crippen LogP contribution in [-0.4, -0.2) is 18.5 Å². The van der Waals surface area contributed by atoms with E-state index in [9.17, 15) is 19.5 Å². The molecule has 4 nitrogen and oxygen atoms in total. The number of hydrogen-bond donors (Lipinski definition) is 0. The van der Waals surface area contributed by atoms with Crippen LogP contribution in [0.15, 0.2) is 0 Å². The van der Waals surface area contributed by atoms with Crippen molar-refractivity contribution in [3.63, 3.8) is 0 Å². The van der Waals surface area contributed by atoms with Gasteiger partial charge in [0.2, 0.25) is 0 Å². The maximum atomic E-state index is 10.3. The highest BCUT2D eigenvalue weighted by Crippen LogP contribution is 2.11. The Bertz CT molecular complexity index is 176. The number of rotatable bonds is 6. The predicted molar refractivity (Wildman–Crippen MR) is 39.0 cm³/mol. The highest BCUT2D eigenvalue weighted by molar-refractivity contribution is 5.70. The maximum Gasteiger partial charge on any atom is 0.123 e. The lowest BCUT2D eigenvalue weighted by Crippen LogP contribution is -2.26. The van der Waals surface area contributed by atoms with Crippen LogP contribution in [0.4, 0.5) is 0 Å². The molecule has 0 spiro atoms. The molecule has 2 unspecified atom stereocenters. The van der Waals surface area contributed by atoms with E-state index in [1.807, 2.05) is 0 Å². The minimum absolute atomic E-state index is 0.278. The van der Waals surface area contributed by atoms with E-state index >= 15 is 0 Å². The Labute approximate surface area is 70.6 Å². The van der Waals surface area contributed by atoms with Crippen molar-refractivity contribution in [3.8, 4) is 0 Å². The molecule has 0 radical (unpaired) electrons.